The molecule has 0 radical (unpaired) electrons. The normalized spacial score (nSPS) is 10.8. The first-order valence-electron chi connectivity index (χ1n) is 6.26. The first-order valence-corrected chi connectivity index (χ1v) is 6.26. The van der Waals surface area contributed by atoms with Crippen LogP contribution >= 0.6 is 24.0 Å². The smallest absolute Gasteiger partial charge is 0.188 e. The second-order valence-corrected chi connectivity index (χ2v) is 4.01. The van der Waals surface area contributed by atoms with E-state index in [4.69, 9.17) is 5.73 Å². The highest BCUT2D eigenvalue weighted by Gasteiger charge is 1.93. The number of aromatic nitrogens is 1. The molecule has 4 nitrogen and oxygen atoms in total. The molecule has 102 valence electrons. The summed E-state index contributed by atoms with van der Waals surface area (Å²) in [7, 11) is 0. The van der Waals surface area contributed by atoms with Crippen LogP contribution in [0.3, 0.4) is 0 Å². The number of pyridine rings is 1. The first-order chi connectivity index (χ1) is 8.33. The fraction of sp³-hybridized carbons (Fsp3) is 0.538. The van der Waals surface area contributed by atoms with Gasteiger partial charge < -0.3 is 11.1 Å². The van der Waals surface area contributed by atoms with Crippen molar-refractivity contribution in [2.75, 3.05) is 6.54 Å². The lowest BCUT2D eigenvalue weighted by molar-refractivity contribution is 0.652. The summed E-state index contributed by atoms with van der Waals surface area (Å²) in [5, 5.41) is 3.11. The van der Waals surface area contributed by atoms with E-state index in [1.165, 1.54) is 19.3 Å². The summed E-state index contributed by atoms with van der Waals surface area (Å²) in [4.78, 5) is 8.41. The number of halogens is 1. The summed E-state index contributed by atoms with van der Waals surface area (Å²) in [6.07, 6.45) is 6.69. The van der Waals surface area contributed by atoms with Gasteiger partial charge in [0.1, 0.15) is 0 Å². The van der Waals surface area contributed by atoms with Gasteiger partial charge in [-0.1, -0.05) is 32.3 Å². The van der Waals surface area contributed by atoms with E-state index in [0.29, 0.717) is 12.5 Å². The maximum absolute atomic E-state index is 5.75. The number of unbranched alkanes of at least 4 members (excludes halogenated alkanes) is 3. The molecule has 0 saturated heterocycles. The number of guanidine groups is 1. The lowest BCUT2D eigenvalue weighted by Crippen LogP contribution is -2.32. The molecule has 0 spiro atoms. The van der Waals surface area contributed by atoms with E-state index in [1.807, 2.05) is 18.2 Å². The topological polar surface area (TPSA) is 63.3 Å². The van der Waals surface area contributed by atoms with Gasteiger partial charge in [0.15, 0.2) is 5.96 Å². The fourth-order valence-corrected chi connectivity index (χ4v) is 1.48. The SMILES string of the molecule is CCCCCCNC(N)=NCc1ccccn1.I. The van der Waals surface area contributed by atoms with Crippen molar-refractivity contribution >= 4 is 29.9 Å². The third-order valence-corrected chi connectivity index (χ3v) is 2.47. The van der Waals surface area contributed by atoms with Crippen molar-refractivity contribution < 1.29 is 0 Å². The van der Waals surface area contributed by atoms with Gasteiger partial charge in [-0.3, -0.25) is 4.98 Å². The molecule has 0 atom stereocenters. The first kappa shape index (κ1) is 17.2. The largest absolute Gasteiger partial charge is 0.370 e. The van der Waals surface area contributed by atoms with Crippen molar-refractivity contribution in [1.82, 2.24) is 10.3 Å². The minimum Gasteiger partial charge on any atom is -0.370 e. The molecule has 0 aliphatic rings. The van der Waals surface area contributed by atoms with Crippen molar-refractivity contribution in [2.24, 2.45) is 10.7 Å². The number of rotatable bonds is 7. The zero-order chi connectivity index (χ0) is 12.3. The third-order valence-electron chi connectivity index (χ3n) is 2.47. The Morgan fingerprint density at radius 3 is 2.83 bits per heavy atom. The van der Waals surface area contributed by atoms with Crippen molar-refractivity contribution in [3.63, 3.8) is 0 Å². The Morgan fingerprint density at radius 2 is 2.17 bits per heavy atom. The van der Waals surface area contributed by atoms with Gasteiger partial charge in [0, 0.05) is 12.7 Å². The second-order valence-electron chi connectivity index (χ2n) is 4.01. The average molecular weight is 362 g/mol. The van der Waals surface area contributed by atoms with Gasteiger partial charge in [-0.25, -0.2) is 4.99 Å². The van der Waals surface area contributed by atoms with Gasteiger partial charge >= 0.3 is 0 Å². The molecule has 0 saturated carbocycles. The van der Waals surface area contributed by atoms with Crippen LogP contribution < -0.4 is 11.1 Å². The summed E-state index contributed by atoms with van der Waals surface area (Å²) in [5.41, 5.74) is 6.68. The monoisotopic (exact) mass is 362 g/mol. The van der Waals surface area contributed by atoms with E-state index in [2.05, 4.69) is 22.2 Å². The lowest BCUT2D eigenvalue weighted by Gasteiger charge is -2.04. The molecule has 0 aromatic carbocycles. The Morgan fingerprint density at radius 1 is 1.33 bits per heavy atom. The van der Waals surface area contributed by atoms with Gasteiger partial charge in [0.2, 0.25) is 0 Å². The van der Waals surface area contributed by atoms with Crippen LogP contribution in [0, 0.1) is 0 Å². The van der Waals surface area contributed by atoms with E-state index >= 15 is 0 Å². The Kier molecular flexibility index (Phi) is 10.7. The predicted octanol–water partition coefficient (Wildman–Crippen LogP) is 2.68. The summed E-state index contributed by atoms with van der Waals surface area (Å²) < 4.78 is 0. The predicted molar refractivity (Wildman–Crippen MR) is 87.1 cm³/mol. The van der Waals surface area contributed by atoms with E-state index < -0.39 is 0 Å². The molecule has 1 aromatic rings. The zero-order valence-corrected chi connectivity index (χ0v) is 13.3. The molecule has 0 amide bonds. The molecule has 1 rings (SSSR count). The van der Waals surface area contributed by atoms with Crippen LogP contribution in [0.5, 0.6) is 0 Å². The van der Waals surface area contributed by atoms with E-state index in [-0.39, 0.29) is 24.0 Å². The van der Waals surface area contributed by atoms with Crippen LogP contribution in [-0.4, -0.2) is 17.5 Å². The van der Waals surface area contributed by atoms with Crippen LogP contribution in [0.15, 0.2) is 29.4 Å². The number of nitrogens with one attached hydrogen (secondary N) is 1. The van der Waals surface area contributed by atoms with Crippen LogP contribution in [-0.2, 0) is 6.54 Å². The highest BCUT2D eigenvalue weighted by atomic mass is 127. The number of nitrogens with zero attached hydrogens (tertiary/aromatic N) is 2. The second kappa shape index (κ2) is 11.3. The summed E-state index contributed by atoms with van der Waals surface area (Å²) >= 11 is 0. The standard InChI is InChI=1S/C13H22N4.HI/c1-2-3-4-6-10-16-13(14)17-11-12-8-5-7-9-15-12;/h5,7-9H,2-4,6,10-11H2,1H3,(H3,14,16,17);1H. The average Bonchev–Trinajstić information content (AvgIpc) is 2.37. The molecule has 5 heteroatoms. The molecule has 0 bridgehead atoms. The van der Waals surface area contributed by atoms with E-state index in [0.717, 1.165) is 18.7 Å². The van der Waals surface area contributed by atoms with Crippen LogP contribution in [0.2, 0.25) is 0 Å². The highest BCUT2D eigenvalue weighted by Crippen LogP contribution is 1.97. The summed E-state index contributed by atoms with van der Waals surface area (Å²) in [6, 6.07) is 5.78. The van der Waals surface area contributed by atoms with Crippen molar-refractivity contribution in [3.05, 3.63) is 30.1 Å². The van der Waals surface area contributed by atoms with Crippen molar-refractivity contribution in [2.45, 2.75) is 39.2 Å². The van der Waals surface area contributed by atoms with Crippen molar-refractivity contribution in [3.8, 4) is 0 Å². The number of hydrogen-bond acceptors (Lipinski definition) is 2. The van der Waals surface area contributed by atoms with Gasteiger partial charge in [-0.2, -0.15) is 0 Å². The highest BCUT2D eigenvalue weighted by molar-refractivity contribution is 14.0. The Bertz CT molecular complexity index is 327. The number of hydrogen-bond donors (Lipinski definition) is 2. The van der Waals surface area contributed by atoms with Gasteiger partial charge in [-0.05, 0) is 18.6 Å². The van der Waals surface area contributed by atoms with Crippen molar-refractivity contribution in [1.29, 1.82) is 0 Å². The molecular formula is C13H23IN4. The maximum Gasteiger partial charge on any atom is 0.188 e. The van der Waals surface area contributed by atoms with Crippen LogP contribution in [0.4, 0.5) is 0 Å². The Hall–Kier alpha value is -0.850. The minimum atomic E-state index is 0. The lowest BCUT2D eigenvalue weighted by atomic mass is 10.2. The minimum absolute atomic E-state index is 0. The Balaban J connectivity index is 0.00000289. The fourth-order valence-electron chi connectivity index (χ4n) is 1.48. The van der Waals surface area contributed by atoms with E-state index in [1.54, 1.807) is 6.20 Å². The molecule has 18 heavy (non-hydrogen) atoms. The molecular weight excluding hydrogens is 339 g/mol. The number of aliphatic imine (C=N–C) groups is 1. The zero-order valence-electron chi connectivity index (χ0n) is 10.9. The molecule has 1 aromatic heterocycles. The molecule has 0 aliphatic heterocycles. The Labute approximate surface area is 126 Å². The van der Waals surface area contributed by atoms with Gasteiger partial charge in [-0.15, -0.1) is 24.0 Å². The van der Waals surface area contributed by atoms with Crippen LogP contribution in [0.25, 0.3) is 0 Å². The summed E-state index contributed by atoms with van der Waals surface area (Å²) in [6.45, 7) is 3.64. The quantitative estimate of drug-likeness (QED) is 0.339. The maximum atomic E-state index is 5.75. The third kappa shape index (κ3) is 8.27. The van der Waals surface area contributed by atoms with Gasteiger partial charge in [0.05, 0.1) is 12.2 Å². The number of nitrogens with two attached hydrogens (primary N) is 1. The van der Waals surface area contributed by atoms with Crippen LogP contribution in [0.1, 0.15) is 38.3 Å². The molecule has 3 N–H and O–H groups in total. The molecule has 1 heterocycles. The molecule has 0 unspecified atom stereocenters. The van der Waals surface area contributed by atoms with E-state index in [9.17, 15) is 0 Å². The molecule has 0 fully saturated rings. The molecule has 0 aliphatic carbocycles. The van der Waals surface area contributed by atoms with Gasteiger partial charge in [0.25, 0.3) is 0 Å². The summed E-state index contributed by atoms with van der Waals surface area (Å²) in [5.74, 6) is 0.507.